The van der Waals surface area contributed by atoms with Crippen molar-refractivity contribution < 1.29 is 19.8 Å². The summed E-state index contributed by atoms with van der Waals surface area (Å²) in [5, 5.41) is 23.3. The minimum Gasteiger partial charge on any atom is -0.483 e. The topological polar surface area (TPSA) is 62.2 Å². The molecular formula is C26H37NO4. The molecule has 0 bridgehead atoms. The smallest absolute Gasteiger partial charge is 0.157 e. The fourth-order valence-electron chi connectivity index (χ4n) is 4.55. The third-order valence-corrected chi connectivity index (χ3v) is 6.40. The summed E-state index contributed by atoms with van der Waals surface area (Å²) >= 11 is 0. The summed E-state index contributed by atoms with van der Waals surface area (Å²) in [6.45, 7) is 10.1. The number of rotatable bonds is 8. The molecule has 4 unspecified atom stereocenters. The lowest BCUT2D eigenvalue weighted by Gasteiger charge is -2.35. The summed E-state index contributed by atoms with van der Waals surface area (Å²) in [5.74, 6) is 0.721. The Morgan fingerprint density at radius 3 is 2.58 bits per heavy atom. The van der Waals surface area contributed by atoms with E-state index in [1.54, 1.807) is 7.11 Å². The largest absolute Gasteiger partial charge is 0.483 e. The third kappa shape index (κ3) is 4.89. The number of anilines is 1. The van der Waals surface area contributed by atoms with E-state index >= 15 is 0 Å². The summed E-state index contributed by atoms with van der Waals surface area (Å²) in [6.07, 6.45) is 6.92. The molecule has 3 rings (SSSR count). The number of nitrogens with zero attached hydrogens (tertiary/aromatic N) is 1. The van der Waals surface area contributed by atoms with Crippen molar-refractivity contribution >= 4 is 11.4 Å². The number of hydrogen-bond acceptors (Lipinski definition) is 5. The number of ether oxygens (including phenoxy) is 2. The molecule has 0 saturated heterocycles. The van der Waals surface area contributed by atoms with Crippen molar-refractivity contribution in [1.29, 1.82) is 0 Å². The number of methoxy groups -OCH3 is 1. The van der Waals surface area contributed by atoms with Crippen LogP contribution in [0.5, 0.6) is 0 Å². The third-order valence-electron chi connectivity index (χ3n) is 6.40. The Morgan fingerprint density at radius 1 is 1.19 bits per heavy atom. The highest BCUT2D eigenvalue weighted by molar-refractivity contribution is 5.81. The fraction of sp³-hybridized carbons (Fsp3) is 0.538. The van der Waals surface area contributed by atoms with Crippen LogP contribution in [0.25, 0.3) is 5.76 Å². The molecule has 0 aromatic heterocycles. The maximum Gasteiger partial charge on any atom is 0.157 e. The maximum atomic E-state index is 11.4. The fourth-order valence-corrected chi connectivity index (χ4v) is 4.55. The second-order valence-corrected chi connectivity index (χ2v) is 9.28. The van der Waals surface area contributed by atoms with Crippen LogP contribution in [0.1, 0.15) is 65.9 Å². The van der Waals surface area contributed by atoms with Crippen molar-refractivity contribution in [2.45, 2.75) is 84.2 Å². The minimum atomic E-state index is -1.08. The first kappa shape index (κ1) is 23.6. The zero-order valence-electron chi connectivity index (χ0n) is 19.7. The standard InChI is InChI=1S/C26H37NO4/c1-17(2)11-9-12-18(3)13-10-16-26(5,28)25-24(30-6)22-19(4)27(29)21-15-8-7-14-20(21)23(22)31-25/h7-8,11,13-15,19,24-25,28-29H,9-10,12,16H2,1-6H3. The SMILES string of the molecule is COC1C2=C(OC1C(C)(O)CCC=C(C)CCC=C(C)C)c1ccccc1N(O)C2C. The molecule has 0 spiro atoms. The number of aliphatic hydroxyl groups is 1. The second kappa shape index (κ2) is 9.60. The summed E-state index contributed by atoms with van der Waals surface area (Å²) < 4.78 is 12.2. The van der Waals surface area contributed by atoms with Crippen molar-refractivity contribution in [3.05, 3.63) is 58.7 Å². The number of benzene rings is 1. The molecule has 2 aliphatic heterocycles. The van der Waals surface area contributed by atoms with Gasteiger partial charge in [-0.3, -0.25) is 5.21 Å². The maximum absolute atomic E-state index is 11.4. The van der Waals surface area contributed by atoms with E-state index in [1.807, 2.05) is 38.1 Å². The molecule has 0 saturated carbocycles. The highest BCUT2D eigenvalue weighted by Crippen LogP contribution is 2.47. The Kier molecular flexibility index (Phi) is 7.30. The minimum absolute atomic E-state index is 0.298. The zero-order chi connectivity index (χ0) is 22.8. The van der Waals surface area contributed by atoms with Gasteiger partial charge in [0.25, 0.3) is 0 Å². The molecule has 0 amide bonds. The lowest BCUT2D eigenvalue weighted by atomic mass is 9.85. The van der Waals surface area contributed by atoms with Gasteiger partial charge in [-0.1, -0.05) is 35.4 Å². The molecule has 5 nitrogen and oxygen atoms in total. The molecule has 2 heterocycles. The summed E-state index contributed by atoms with van der Waals surface area (Å²) in [4.78, 5) is 0. The average molecular weight is 428 g/mol. The van der Waals surface area contributed by atoms with Crippen LogP contribution in [0.15, 0.2) is 53.1 Å². The van der Waals surface area contributed by atoms with Crippen LogP contribution in [0.3, 0.4) is 0 Å². The van der Waals surface area contributed by atoms with E-state index in [4.69, 9.17) is 9.47 Å². The predicted molar refractivity (Wildman–Crippen MR) is 125 cm³/mol. The van der Waals surface area contributed by atoms with E-state index in [-0.39, 0.29) is 6.04 Å². The molecule has 2 N–H and O–H groups in total. The van der Waals surface area contributed by atoms with Crippen LogP contribution in [0, 0.1) is 0 Å². The van der Waals surface area contributed by atoms with Crippen LogP contribution >= 0.6 is 0 Å². The number of allylic oxidation sites excluding steroid dienone is 4. The van der Waals surface area contributed by atoms with Crippen LogP contribution < -0.4 is 5.06 Å². The predicted octanol–water partition coefficient (Wildman–Crippen LogP) is 5.63. The number of para-hydroxylation sites is 1. The molecule has 170 valence electrons. The van der Waals surface area contributed by atoms with E-state index < -0.39 is 17.8 Å². The number of fused-ring (bicyclic) bond motifs is 2. The molecular weight excluding hydrogens is 390 g/mol. The zero-order valence-corrected chi connectivity index (χ0v) is 19.7. The van der Waals surface area contributed by atoms with Crippen LogP contribution in [-0.4, -0.2) is 41.3 Å². The van der Waals surface area contributed by atoms with Gasteiger partial charge >= 0.3 is 0 Å². The Labute approximate surface area is 186 Å². The van der Waals surface area contributed by atoms with Crippen LogP contribution in [0.4, 0.5) is 5.69 Å². The average Bonchev–Trinajstić information content (AvgIpc) is 3.12. The summed E-state index contributed by atoms with van der Waals surface area (Å²) in [5.41, 5.74) is 4.01. The van der Waals surface area contributed by atoms with Crippen molar-refractivity contribution in [2.24, 2.45) is 0 Å². The molecule has 31 heavy (non-hydrogen) atoms. The first-order valence-electron chi connectivity index (χ1n) is 11.2. The molecule has 1 aromatic rings. The molecule has 2 aliphatic rings. The van der Waals surface area contributed by atoms with E-state index in [9.17, 15) is 10.3 Å². The highest BCUT2D eigenvalue weighted by atomic mass is 16.6. The van der Waals surface area contributed by atoms with Gasteiger partial charge < -0.3 is 14.6 Å². The van der Waals surface area contributed by atoms with Gasteiger partial charge in [-0.25, -0.2) is 5.06 Å². The van der Waals surface area contributed by atoms with Crippen molar-refractivity contribution in [1.82, 2.24) is 0 Å². The van der Waals surface area contributed by atoms with Gasteiger partial charge in [0, 0.05) is 18.2 Å². The number of hydrogen-bond donors (Lipinski definition) is 2. The molecule has 0 aliphatic carbocycles. The van der Waals surface area contributed by atoms with Crippen molar-refractivity contribution in [2.75, 3.05) is 12.2 Å². The van der Waals surface area contributed by atoms with Gasteiger partial charge in [0.1, 0.15) is 17.5 Å². The normalized spacial score (nSPS) is 25.0. The Balaban J connectivity index is 1.74. The molecule has 4 atom stereocenters. The first-order valence-corrected chi connectivity index (χ1v) is 11.2. The Morgan fingerprint density at radius 2 is 1.90 bits per heavy atom. The highest BCUT2D eigenvalue weighted by Gasteiger charge is 2.51. The molecule has 0 radical (unpaired) electrons. The summed E-state index contributed by atoms with van der Waals surface area (Å²) in [7, 11) is 1.63. The van der Waals surface area contributed by atoms with Gasteiger partial charge in [-0.2, -0.15) is 0 Å². The van der Waals surface area contributed by atoms with Crippen LogP contribution in [0.2, 0.25) is 0 Å². The van der Waals surface area contributed by atoms with E-state index in [0.29, 0.717) is 12.1 Å². The second-order valence-electron chi connectivity index (χ2n) is 9.28. The molecule has 0 fully saturated rings. The quantitative estimate of drug-likeness (QED) is 0.526. The lowest BCUT2D eigenvalue weighted by Crippen LogP contribution is -2.48. The van der Waals surface area contributed by atoms with Crippen molar-refractivity contribution in [3.8, 4) is 0 Å². The summed E-state index contributed by atoms with van der Waals surface area (Å²) in [6, 6.07) is 7.32. The van der Waals surface area contributed by atoms with Crippen molar-refractivity contribution in [3.63, 3.8) is 0 Å². The van der Waals surface area contributed by atoms with E-state index in [0.717, 1.165) is 36.2 Å². The first-order chi connectivity index (χ1) is 14.7. The molecule has 5 heteroatoms. The lowest BCUT2D eigenvalue weighted by molar-refractivity contribution is -0.103. The van der Waals surface area contributed by atoms with E-state index in [2.05, 4.69) is 32.9 Å². The monoisotopic (exact) mass is 427 g/mol. The Hall–Kier alpha value is -2.08. The number of hydroxylamine groups is 1. The van der Waals surface area contributed by atoms with Gasteiger partial charge in [0.2, 0.25) is 0 Å². The molecule has 1 aromatic carbocycles. The van der Waals surface area contributed by atoms with Gasteiger partial charge in [0.15, 0.2) is 6.10 Å². The van der Waals surface area contributed by atoms with Crippen LogP contribution in [-0.2, 0) is 9.47 Å². The van der Waals surface area contributed by atoms with E-state index in [1.165, 1.54) is 16.2 Å². The van der Waals surface area contributed by atoms with Gasteiger partial charge in [-0.05, 0) is 72.4 Å². The Bertz CT molecular complexity index is 879. The van der Waals surface area contributed by atoms with Gasteiger partial charge in [-0.15, -0.1) is 0 Å². The van der Waals surface area contributed by atoms with Gasteiger partial charge in [0.05, 0.1) is 11.7 Å².